The molecule has 0 radical (unpaired) electrons. The first-order chi connectivity index (χ1) is 27.5. The number of rotatable bonds is 23. The Morgan fingerprint density at radius 3 is 1.36 bits per heavy atom. The highest BCUT2D eigenvalue weighted by Gasteiger charge is 2.26. The largest absolute Gasteiger partial charge is 0.491 e. The highest BCUT2D eigenvalue weighted by molar-refractivity contribution is 5.72. The van der Waals surface area contributed by atoms with Gasteiger partial charge >= 0.3 is 0 Å². The van der Waals surface area contributed by atoms with E-state index in [1.807, 2.05) is 12.2 Å². The van der Waals surface area contributed by atoms with Gasteiger partial charge in [0, 0.05) is 5.56 Å². The average Bonchev–Trinajstić information content (AvgIpc) is 4.01. The van der Waals surface area contributed by atoms with Gasteiger partial charge in [-0.1, -0.05) is 55.5 Å². The Bertz CT molecular complexity index is 2020. The first kappa shape index (κ1) is 38.0. The summed E-state index contributed by atoms with van der Waals surface area (Å²) in [6.45, 7) is 15.5. The van der Waals surface area contributed by atoms with Crippen LogP contribution >= 0.6 is 0 Å². The summed E-state index contributed by atoms with van der Waals surface area (Å²) >= 11 is 0. The van der Waals surface area contributed by atoms with Gasteiger partial charge in [0.05, 0.1) is 26.4 Å². The number of epoxide rings is 4. The third-order valence-electron chi connectivity index (χ3n) is 10.3. The van der Waals surface area contributed by atoms with Gasteiger partial charge in [0.1, 0.15) is 73.8 Å². The molecule has 0 bridgehead atoms. The van der Waals surface area contributed by atoms with Crippen LogP contribution in [0.2, 0.25) is 0 Å². The van der Waals surface area contributed by atoms with Crippen molar-refractivity contribution in [3.8, 4) is 45.3 Å². The van der Waals surface area contributed by atoms with Gasteiger partial charge in [-0.05, 0) is 119 Å². The molecular formula is C48H52O8. The number of ether oxygens (including phenoxy) is 8. The van der Waals surface area contributed by atoms with Crippen LogP contribution in [0.5, 0.6) is 23.0 Å². The van der Waals surface area contributed by atoms with Gasteiger partial charge in [0.25, 0.3) is 0 Å². The molecule has 5 atom stereocenters. The van der Waals surface area contributed by atoms with Gasteiger partial charge in [-0.2, -0.15) is 0 Å². The summed E-state index contributed by atoms with van der Waals surface area (Å²) in [7, 11) is 0. The smallest absolute Gasteiger partial charge is 0.126 e. The Kier molecular flexibility index (Phi) is 12.2. The molecule has 56 heavy (non-hydrogen) atoms. The number of hydrogen-bond donors (Lipinski definition) is 0. The van der Waals surface area contributed by atoms with Crippen molar-refractivity contribution in [3.63, 3.8) is 0 Å². The molecule has 4 aromatic rings. The van der Waals surface area contributed by atoms with Gasteiger partial charge in [-0.25, -0.2) is 0 Å². The van der Waals surface area contributed by atoms with Crippen LogP contribution in [0.3, 0.4) is 0 Å². The predicted molar refractivity (Wildman–Crippen MR) is 219 cm³/mol. The molecule has 0 aliphatic carbocycles. The summed E-state index contributed by atoms with van der Waals surface area (Å²) in [6.07, 6.45) is 12.2. The lowest BCUT2D eigenvalue weighted by Crippen LogP contribution is -2.08. The van der Waals surface area contributed by atoms with E-state index >= 15 is 0 Å². The maximum absolute atomic E-state index is 6.31. The first-order valence-electron chi connectivity index (χ1n) is 19.9. The summed E-state index contributed by atoms with van der Waals surface area (Å²) in [4.78, 5) is 0. The molecule has 5 unspecified atom stereocenters. The minimum Gasteiger partial charge on any atom is -0.491 e. The second kappa shape index (κ2) is 17.9. The van der Waals surface area contributed by atoms with Crippen LogP contribution in [0, 0.1) is 5.92 Å². The van der Waals surface area contributed by atoms with E-state index in [1.54, 1.807) is 0 Å². The second-order valence-electron chi connectivity index (χ2n) is 15.2. The van der Waals surface area contributed by atoms with Gasteiger partial charge in [-0.3, -0.25) is 0 Å². The predicted octanol–water partition coefficient (Wildman–Crippen LogP) is 8.87. The quantitative estimate of drug-likeness (QED) is 0.0548. The molecule has 0 N–H and O–H groups in total. The Balaban J connectivity index is 0.990. The lowest BCUT2D eigenvalue weighted by molar-refractivity contribution is 0.260. The van der Waals surface area contributed by atoms with Crippen molar-refractivity contribution in [3.05, 3.63) is 126 Å². The van der Waals surface area contributed by atoms with Crippen LogP contribution in [-0.2, 0) is 38.2 Å². The Labute approximate surface area is 330 Å². The zero-order chi connectivity index (χ0) is 38.3. The average molecular weight is 757 g/mol. The van der Waals surface area contributed by atoms with Crippen LogP contribution in [0.25, 0.3) is 28.3 Å². The van der Waals surface area contributed by atoms with Gasteiger partial charge in [0.2, 0.25) is 0 Å². The lowest BCUT2D eigenvalue weighted by Gasteiger charge is -2.17. The highest BCUT2D eigenvalue weighted by Crippen LogP contribution is 2.35. The SMILES string of the molecule is C=CCc1cc(-c2ccc(OCC3CO3)c(/C=C/CC(C)Cc3cc(-c4ccc(OCC5CO5)c(CC=C)c4)ccc3OCC3CO3)c2)ccc1OCC1CO1. The maximum atomic E-state index is 6.31. The summed E-state index contributed by atoms with van der Waals surface area (Å²) in [6, 6.07) is 25.7. The molecule has 4 saturated heterocycles. The van der Waals surface area contributed by atoms with E-state index in [2.05, 4.69) is 105 Å². The number of hydrogen-bond acceptors (Lipinski definition) is 8. The monoisotopic (exact) mass is 756 g/mol. The molecule has 4 aromatic carbocycles. The summed E-state index contributed by atoms with van der Waals surface area (Å²) < 4.78 is 46.3. The van der Waals surface area contributed by atoms with E-state index in [9.17, 15) is 0 Å². The first-order valence-corrected chi connectivity index (χ1v) is 19.9. The molecule has 4 fully saturated rings. The van der Waals surface area contributed by atoms with Gasteiger partial charge in [-0.15, -0.1) is 13.2 Å². The van der Waals surface area contributed by atoms with Crippen molar-refractivity contribution in [2.75, 3.05) is 52.9 Å². The normalized spacial score (nSPS) is 20.9. The van der Waals surface area contributed by atoms with Crippen molar-refractivity contribution in [2.45, 2.75) is 57.0 Å². The maximum Gasteiger partial charge on any atom is 0.126 e. The zero-order valence-corrected chi connectivity index (χ0v) is 32.3. The lowest BCUT2D eigenvalue weighted by atomic mass is 9.93. The van der Waals surface area contributed by atoms with Crippen molar-refractivity contribution in [1.29, 1.82) is 0 Å². The Morgan fingerprint density at radius 2 is 0.929 bits per heavy atom. The third kappa shape index (κ3) is 10.7. The molecular weight excluding hydrogens is 705 g/mol. The number of allylic oxidation sites excluding steroid dienone is 3. The van der Waals surface area contributed by atoms with E-state index in [-0.39, 0.29) is 24.4 Å². The van der Waals surface area contributed by atoms with Gasteiger partial charge in [0.15, 0.2) is 0 Å². The van der Waals surface area contributed by atoms with Crippen LogP contribution in [0.4, 0.5) is 0 Å². The van der Waals surface area contributed by atoms with E-state index < -0.39 is 0 Å². The van der Waals surface area contributed by atoms with Crippen molar-refractivity contribution >= 4 is 6.08 Å². The van der Waals surface area contributed by atoms with Crippen molar-refractivity contribution < 1.29 is 37.9 Å². The van der Waals surface area contributed by atoms with E-state index in [1.165, 1.54) is 5.56 Å². The summed E-state index contributed by atoms with van der Waals surface area (Å²) in [5, 5.41) is 0. The molecule has 0 saturated carbocycles. The van der Waals surface area contributed by atoms with E-state index in [0.29, 0.717) is 32.3 Å². The van der Waals surface area contributed by atoms with Gasteiger partial charge < -0.3 is 37.9 Å². The van der Waals surface area contributed by atoms with Crippen molar-refractivity contribution in [1.82, 2.24) is 0 Å². The topological polar surface area (TPSA) is 87.0 Å². The number of benzene rings is 4. The zero-order valence-electron chi connectivity index (χ0n) is 32.3. The molecule has 292 valence electrons. The minimum absolute atomic E-state index is 0.169. The van der Waals surface area contributed by atoms with E-state index in [4.69, 9.17) is 37.9 Å². The molecule has 8 nitrogen and oxygen atoms in total. The molecule has 0 aromatic heterocycles. The molecule has 8 rings (SSSR count). The molecule has 8 heteroatoms. The molecule has 4 aliphatic rings. The van der Waals surface area contributed by atoms with Crippen LogP contribution in [0.1, 0.15) is 35.6 Å². The van der Waals surface area contributed by atoms with Crippen molar-refractivity contribution in [2.24, 2.45) is 5.92 Å². The molecule has 0 amide bonds. The minimum atomic E-state index is 0.169. The van der Waals surface area contributed by atoms with Crippen LogP contribution < -0.4 is 18.9 Å². The summed E-state index contributed by atoms with van der Waals surface area (Å²) in [5.41, 5.74) is 8.95. The molecule has 4 aliphatic heterocycles. The second-order valence-corrected chi connectivity index (χ2v) is 15.2. The fraction of sp³-hybridized carbons (Fsp3) is 0.375. The molecule has 4 heterocycles. The highest BCUT2D eigenvalue weighted by atomic mass is 16.6. The third-order valence-corrected chi connectivity index (χ3v) is 10.3. The standard InChI is InChI=1S/C48H52O8/c1-4-7-37-20-33(11-15-45(37)53-28-41-24-49-41)35-13-17-47(55-30-43-26-51-43)39(22-35)10-6-9-32(3)19-40-23-36(14-18-48(40)56-31-44-27-52-44)34-12-16-46(38(21-34)8-5-2)54-29-42-25-50-42/h4-6,10-18,20-23,32,41-44H,1-2,7-9,19,24-31H2,3H3/b10-6+. The summed E-state index contributed by atoms with van der Waals surface area (Å²) in [5.74, 6) is 3.87. The van der Waals surface area contributed by atoms with Crippen LogP contribution in [0.15, 0.2) is 104 Å². The van der Waals surface area contributed by atoms with E-state index in [0.717, 1.165) is 114 Å². The van der Waals surface area contributed by atoms with Crippen LogP contribution in [-0.4, -0.2) is 77.3 Å². The fourth-order valence-corrected chi connectivity index (χ4v) is 6.75. The Hall–Kier alpha value is -4.86. The Morgan fingerprint density at radius 1 is 0.554 bits per heavy atom. The molecule has 0 spiro atoms. The fourth-order valence-electron chi connectivity index (χ4n) is 6.75.